The van der Waals surface area contributed by atoms with Crippen LogP contribution in [0.15, 0.2) is 53.4 Å². The number of rotatable bonds is 6. The molecule has 9 heteroatoms. The van der Waals surface area contributed by atoms with E-state index in [2.05, 4.69) is 0 Å². The molecule has 0 saturated carbocycles. The Morgan fingerprint density at radius 2 is 1.79 bits per heavy atom. The fraction of sp³-hybridized carbons (Fsp3) is 0.0526. The van der Waals surface area contributed by atoms with Gasteiger partial charge in [-0.25, -0.2) is 9.59 Å². The third-order valence-electron chi connectivity index (χ3n) is 3.72. The van der Waals surface area contributed by atoms with Gasteiger partial charge in [0.25, 0.3) is 5.91 Å². The second-order valence-electron chi connectivity index (χ2n) is 5.59. The van der Waals surface area contributed by atoms with Crippen molar-refractivity contribution in [2.24, 2.45) is 0 Å². The number of benzene rings is 2. The first-order valence-corrected chi connectivity index (χ1v) is 9.14. The minimum atomic E-state index is -1.11. The number of nitrogens with zero attached hydrogens (tertiary/aromatic N) is 1. The lowest BCUT2D eigenvalue weighted by molar-refractivity contribution is -0.139. The molecule has 1 amide bonds. The van der Waals surface area contributed by atoms with E-state index in [1.165, 1.54) is 29.2 Å². The van der Waals surface area contributed by atoms with E-state index in [-0.39, 0.29) is 11.5 Å². The molecule has 1 saturated heterocycles. The van der Waals surface area contributed by atoms with Gasteiger partial charge in [0.05, 0.1) is 16.2 Å². The maximum atomic E-state index is 12.8. The van der Waals surface area contributed by atoms with Crippen molar-refractivity contribution in [3.05, 3.63) is 64.6 Å². The van der Waals surface area contributed by atoms with Crippen LogP contribution in [0.2, 0.25) is 0 Å². The van der Waals surface area contributed by atoms with E-state index < -0.39 is 18.5 Å². The summed E-state index contributed by atoms with van der Waals surface area (Å²) in [7, 11) is 0. The molecule has 0 spiro atoms. The third kappa shape index (κ3) is 4.21. The maximum Gasteiger partial charge on any atom is 0.341 e. The zero-order valence-corrected chi connectivity index (χ0v) is 15.8. The number of thiocarbonyl (C=S) groups is 1. The number of aliphatic carboxylic acids is 1. The van der Waals surface area contributed by atoms with E-state index in [1.54, 1.807) is 30.3 Å². The minimum Gasteiger partial charge on any atom is -0.481 e. The molecule has 3 rings (SSSR count). The van der Waals surface area contributed by atoms with Crippen molar-refractivity contribution in [1.29, 1.82) is 0 Å². The van der Waals surface area contributed by atoms with E-state index in [9.17, 15) is 14.4 Å². The van der Waals surface area contributed by atoms with Crippen molar-refractivity contribution < 1.29 is 29.3 Å². The van der Waals surface area contributed by atoms with Gasteiger partial charge in [0.2, 0.25) is 0 Å². The number of aromatic carboxylic acids is 1. The summed E-state index contributed by atoms with van der Waals surface area (Å²) in [6.07, 6.45) is 1.59. The average molecular weight is 415 g/mol. The first kappa shape index (κ1) is 19.6. The molecule has 0 unspecified atom stereocenters. The minimum absolute atomic E-state index is 0.106. The quantitative estimate of drug-likeness (QED) is 0.547. The van der Waals surface area contributed by atoms with Gasteiger partial charge in [0.1, 0.15) is 5.75 Å². The van der Waals surface area contributed by atoms with Crippen LogP contribution in [-0.4, -0.2) is 39.0 Å². The van der Waals surface area contributed by atoms with E-state index in [1.807, 2.05) is 0 Å². The molecule has 0 bridgehead atoms. The first-order valence-electron chi connectivity index (χ1n) is 7.92. The van der Waals surface area contributed by atoms with Gasteiger partial charge in [-0.3, -0.25) is 9.69 Å². The van der Waals surface area contributed by atoms with Gasteiger partial charge in [-0.1, -0.05) is 42.2 Å². The Morgan fingerprint density at radius 1 is 1.11 bits per heavy atom. The average Bonchev–Trinajstić information content (AvgIpc) is 2.94. The molecular formula is C19H13NO6S2. The lowest BCUT2D eigenvalue weighted by Crippen LogP contribution is -2.27. The van der Waals surface area contributed by atoms with Gasteiger partial charge >= 0.3 is 11.9 Å². The predicted molar refractivity (Wildman–Crippen MR) is 109 cm³/mol. The van der Waals surface area contributed by atoms with Crippen molar-refractivity contribution in [3.8, 4) is 5.75 Å². The molecule has 0 atom stereocenters. The van der Waals surface area contributed by atoms with Crippen molar-refractivity contribution in [1.82, 2.24) is 0 Å². The van der Waals surface area contributed by atoms with Crippen LogP contribution in [0.4, 0.5) is 5.69 Å². The Kier molecular flexibility index (Phi) is 5.76. The van der Waals surface area contributed by atoms with Crippen LogP contribution in [0, 0.1) is 0 Å². The highest BCUT2D eigenvalue weighted by atomic mass is 32.2. The Labute approximate surface area is 169 Å². The van der Waals surface area contributed by atoms with Crippen LogP contribution >= 0.6 is 24.0 Å². The van der Waals surface area contributed by atoms with Gasteiger partial charge in [0.15, 0.2) is 10.9 Å². The van der Waals surface area contributed by atoms with E-state index in [4.69, 9.17) is 27.2 Å². The van der Waals surface area contributed by atoms with Crippen molar-refractivity contribution in [2.75, 3.05) is 11.5 Å². The molecule has 0 aliphatic carbocycles. The Morgan fingerprint density at radius 3 is 2.43 bits per heavy atom. The van der Waals surface area contributed by atoms with Crippen molar-refractivity contribution in [3.63, 3.8) is 0 Å². The molecule has 1 aliphatic heterocycles. The fourth-order valence-corrected chi connectivity index (χ4v) is 3.75. The lowest BCUT2D eigenvalue weighted by atomic mass is 10.1. The summed E-state index contributed by atoms with van der Waals surface area (Å²) in [4.78, 5) is 36.2. The van der Waals surface area contributed by atoms with E-state index in [0.717, 1.165) is 11.8 Å². The normalized spacial score (nSPS) is 15.1. The lowest BCUT2D eigenvalue weighted by Gasteiger charge is -2.14. The van der Waals surface area contributed by atoms with Crippen LogP contribution in [0.1, 0.15) is 15.9 Å². The molecule has 2 aromatic carbocycles. The number of para-hydroxylation sites is 1. The zero-order chi connectivity index (χ0) is 20.3. The van der Waals surface area contributed by atoms with Crippen LogP contribution in [0.5, 0.6) is 5.75 Å². The standard InChI is InChI=1S/C19H13NO6S2/c21-16(22)10-26-14-4-2-1-3-12(14)9-15-17(23)20(19(27)28-15)13-7-5-11(6-8-13)18(24)25/h1-9H,10H2,(H,21,22)(H,24,25). The summed E-state index contributed by atoms with van der Waals surface area (Å²) in [6.45, 7) is -0.498. The Balaban J connectivity index is 1.87. The van der Waals surface area contributed by atoms with Crippen LogP contribution in [0.25, 0.3) is 6.08 Å². The predicted octanol–water partition coefficient (Wildman–Crippen LogP) is 3.25. The first-order chi connectivity index (χ1) is 13.4. The third-order valence-corrected chi connectivity index (χ3v) is 5.03. The monoisotopic (exact) mass is 415 g/mol. The number of hydrogen-bond donors (Lipinski definition) is 2. The number of hydrogen-bond acceptors (Lipinski definition) is 6. The molecule has 1 aliphatic rings. The highest BCUT2D eigenvalue weighted by Gasteiger charge is 2.33. The summed E-state index contributed by atoms with van der Waals surface area (Å²) in [5.74, 6) is -2.19. The van der Waals surface area contributed by atoms with Gasteiger partial charge in [0, 0.05) is 5.56 Å². The molecule has 28 heavy (non-hydrogen) atoms. The molecule has 0 aromatic heterocycles. The number of carbonyl (C=O) groups is 3. The van der Waals surface area contributed by atoms with Gasteiger partial charge < -0.3 is 14.9 Å². The largest absolute Gasteiger partial charge is 0.481 e. The highest BCUT2D eigenvalue weighted by molar-refractivity contribution is 8.27. The smallest absolute Gasteiger partial charge is 0.341 e. The van der Waals surface area contributed by atoms with Crippen LogP contribution in [0.3, 0.4) is 0 Å². The van der Waals surface area contributed by atoms with Crippen LogP contribution in [-0.2, 0) is 9.59 Å². The summed E-state index contributed by atoms with van der Waals surface area (Å²) in [5, 5.41) is 17.8. The molecule has 2 N–H and O–H groups in total. The Bertz CT molecular complexity index is 1000. The molecule has 142 valence electrons. The van der Waals surface area contributed by atoms with Gasteiger partial charge in [-0.15, -0.1) is 0 Å². The second-order valence-corrected chi connectivity index (χ2v) is 7.27. The summed E-state index contributed by atoms with van der Waals surface area (Å²) in [6, 6.07) is 12.6. The molecule has 2 aromatic rings. The molecular weight excluding hydrogens is 402 g/mol. The van der Waals surface area contributed by atoms with Gasteiger partial charge in [-0.2, -0.15) is 0 Å². The van der Waals surface area contributed by atoms with Gasteiger partial charge in [-0.05, 0) is 36.4 Å². The maximum absolute atomic E-state index is 12.8. The Hall–Kier alpha value is -3.17. The SMILES string of the molecule is O=C(O)COc1ccccc1C=C1SC(=S)N(c2ccc(C(=O)O)cc2)C1=O. The topological polar surface area (TPSA) is 104 Å². The van der Waals surface area contributed by atoms with Crippen molar-refractivity contribution in [2.45, 2.75) is 0 Å². The molecule has 7 nitrogen and oxygen atoms in total. The van der Waals surface area contributed by atoms with Crippen LogP contribution < -0.4 is 9.64 Å². The molecule has 1 heterocycles. The summed E-state index contributed by atoms with van der Waals surface area (Å²) < 4.78 is 5.56. The summed E-state index contributed by atoms with van der Waals surface area (Å²) in [5.41, 5.74) is 1.12. The number of thioether (sulfide) groups is 1. The van der Waals surface area contributed by atoms with E-state index in [0.29, 0.717) is 26.2 Å². The number of anilines is 1. The second kappa shape index (κ2) is 8.24. The number of carbonyl (C=O) groups excluding carboxylic acids is 1. The number of carboxylic acids is 2. The number of carboxylic acid groups (broad SMARTS) is 2. The zero-order valence-electron chi connectivity index (χ0n) is 14.2. The number of amides is 1. The molecule has 1 fully saturated rings. The number of ether oxygens (including phenoxy) is 1. The molecule has 0 radical (unpaired) electrons. The van der Waals surface area contributed by atoms with Crippen molar-refractivity contribution >= 4 is 57.9 Å². The van der Waals surface area contributed by atoms with E-state index >= 15 is 0 Å². The summed E-state index contributed by atoms with van der Waals surface area (Å²) >= 11 is 6.39. The fourth-order valence-electron chi connectivity index (χ4n) is 2.46. The highest BCUT2D eigenvalue weighted by Crippen LogP contribution is 2.37.